The number of rotatable bonds is 5. The summed E-state index contributed by atoms with van der Waals surface area (Å²) in [5.41, 5.74) is -0.0641. The number of carbonyl (C=O) groups excluding carboxylic acids is 1. The maximum absolute atomic E-state index is 12.2. The number of nitrogens with one attached hydrogen (secondary N) is 1. The van der Waals surface area contributed by atoms with Gasteiger partial charge in [-0.25, -0.2) is 8.42 Å². The van der Waals surface area contributed by atoms with Crippen molar-refractivity contribution in [1.29, 1.82) is 0 Å². The molecule has 0 aromatic carbocycles. The minimum absolute atomic E-state index is 0.0641. The number of carbonyl (C=O) groups is 1. The van der Waals surface area contributed by atoms with Crippen molar-refractivity contribution >= 4 is 25.6 Å². The van der Waals surface area contributed by atoms with Gasteiger partial charge < -0.3 is 9.88 Å². The molecule has 1 aromatic rings. The average molecular weight is 347 g/mol. The number of hydrogen-bond donors (Lipinski definition) is 1. The zero-order valence-corrected chi connectivity index (χ0v) is 12.8. The Kier molecular flexibility index (Phi) is 5.32. The van der Waals surface area contributed by atoms with Crippen molar-refractivity contribution in [3.8, 4) is 0 Å². The van der Waals surface area contributed by atoms with Crippen molar-refractivity contribution in [2.24, 2.45) is 0 Å². The molecule has 0 saturated carbocycles. The summed E-state index contributed by atoms with van der Waals surface area (Å²) in [6, 6.07) is -0.102. The SMILES string of the molecule is CCn1cc(S(=O)(=O)Cl)cc1C(=O)NC(C)CC(F)(F)F. The van der Waals surface area contributed by atoms with E-state index in [1.807, 2.05) is 0 Å². The first kappa shape index (κ1) is 17.8. The van der Waals surface area contributed by atoms with E-state index in [2.05, 4.69) is 5.32 Å². The lowest BCUT2D eigenvalue weighted by molar-refractivity contribution is -0.138. The van der Waals surface area contributed by atoms with Crippen LogP contribution in [0.5, 0.6) is 0 Å². The fourth-order valence-electron chi connectivity index (χ4n) is 1.76. The normalized spacial score (nSPS) is 14.0. The van der Waals surface area contributed by atoms with Gasteiger partial charge in [0.1, 0.15) is 10.6 Å². The highest BCUT2D eigenvalue weighted by molar-refractivity contribution is 8.13. The second kappa shape index (κ2) is 6.27. The molecule has 0 radical (unpaired) electrons. The summed E-state index contributed by atoms with van der Waals surface area (Å²) < 4.78 is 60.4. The summed E-state index contributed by atoms with van der Waals surface area (Å²) in [7, 11) is 1.16. The van der Waals surface area contributed by atoms with Crippen LogP contribution in [0.25, 0.3) is 0 Å². The second-order valence-electron chi connectivity index (χ2n) is 4.48. The molecule has 1 rings (SSSR count). The van der Waals surface area contributed by atoms with Crippen LogP contribution < -0.4 is 5.32 Å². The van der Waals surface area contributed by atoms with Gasteiger partial charge >= 0.3 is 6.18 Å². The van der Waals surface area contributed by atoms with Crippen LogP contribution in [0, 0.1) is 0 Å². The van der Waals surface area contributed by atoms with Gasteiger partial charge in [0.15, 0.2) is 0 Å². The predicted molar refractivity (Wildman–Crippen MR) is 70.7 cm³/mol. The molecule has 0 fully saturated rings. The molecular formula is C11H14ClF3N2O3S. The summed E-state index contributed by atoms with van der Waals surface area (Å²) in [6.45, 7) is 3.13. The van der Waals surface area contributed by atoms with E-state index in [9.17, 15) is 26.4 Å². The van der Waals surface area contributed by atoms with Crippen molar-refractivity contribution in [3.05, 3.63) is 18.0 Å². The molecule has 1 atom stereocenters. The molecule has 10 heteroatoms. The maximum Gasteiger partial charge on any atom is 0.391 e. The Morgan fingerprint density at radius 3 is 2.48 bits per heavy atom. The number of aromatic nitrogens is 1. The Morgan fingerprint density at radius 2 is 2.05 bits per heavy atom. The van der Waals surface area contributed by atoms with Crippen LogP contribution in [0.2, 0.25) is 0 Å². The molecule has 21 heavy (non-hydrogen) atoms. The Bertz CT molecular complexity index is 625. The van der Waals surface area contributed by atoms with E-state index in [-0.39, 0.29) is 17.1 Å². The fraction of sp³-hybridized carbons (Fsp3) is 0.545. The first-order chi connectivity index (χ1) is 9.44. The zero-order valence-electron chi connectivity index (χ0n) is 11.2. The van der Waals surface area contributed by atoms with Crippen molar-refractivity contribution in [2.45, 2.75) is 43.9 Å². The lowest BCUT2D eigenvalue weighted by Gasteiger charge is -2.16. The molecule has 1 N–H and O–H groups in total. The van der Waals surface area contributed by atoms with Gasteiger partial charge in [-0.2, -0.15) is 13.2 Å². The first-order valence-corrected chi connectivity index (χ1v) is 8.27. The smallest absolute Gasteiger partial charge is 0.348 e. The highest BCUT2D eigenvalue weighted by Crippen LogP contribution is 2.22. The molecule has 0 aliphatic heterocycles. The largest absolute Gasteiger partial charge is 0.391 e. The second-order valence-corrected chi connectivity index (χ2v) is 7.04. The van der Waals surface area contributed by atoms with Gasteiger partial charge in [0.05, 0.1) is 6.42 Å². The molecule has 0 saturated heterocycles. The Hall–Kier alpha value is -1.22. The molecule has 0 aliphatic carbocycles. The van der Waals surface area contributed by atoms with Crippen LogP contribution >= 0.6 is 10.7 Å². The third-order valence-electron chi connectivity index (χ3n) is 2.64. The highest BCUT2D eigenvalue weighted by Gasteiger charge is 2.31. The standard InChI is InChI=1S/C11H14ClF3N2O3S/c1-3-17-6-8(21(12,19)20)4-9(17)10(18)16-7(2)5-11(13,14)15/h4,6-7H,3,5H2,1-2H3,(H,16,18). The minimum atomic E-state index is -4.40. The van der Waals surface area contributed by atoms with Crippen LogP contribution in [-0.4, -0.2) is 31.1 Å². The molecule has 1 heterocycles. The molecule has 1 aromatic heterocycles. The Labute approximate surface area is 124 Å². The molecule has 5 nitrogen and oxygen atoms in total. The molecule has 0 spiro atoms. The summed E-state index contributed by atoms with van der Waals surface area (Å²) in [5.74, 6) is -0.792. The predicted octanol–water partition coefficient (Wildman–Crippen LogP) is 2.51. The van der Waals surface area contributed by atoms with E-state index in [1.165, 1.54) is 11.5 Å². The quantitative estimate of drug-likeness (QED) is 0.833. The lowest BCUT2D eigenvalue weighted by atomic mass is 10.2. The summed E-state index contributed by atoms with van der Waals surface area (Å²) >= 11 is 0. The third-order valence-corrected chi connectivity index (χ3v) is 3.96. The summed E-state index contributed by atoms with van der Waals surface area (Å²) in [4.78, 5) is 11.6. The van der Waals surface area contributed by atoms with Crippen LogP contribution in [0.15, 0.2) is 17.2 Å². The van der Waals surface area contributed by atoms with E-state index < -0.39 is 33.6 Å². The number of amides is 1. The number of hydrogen-bond acceptors (Lipinski definition) is 3. The summed E-state index contributed by atoms with van der Waals surface area (Å²) in [5, 5.41) is 2.17. The topological polar surface area (TPSA) is 68.2 Å². The lowest BCUT2D eigenvalue weighted by Crippen LogP contribution is -2.36. The average Bonchev–Trinajstić information content (AvgIpc) is 2.69. The van der Waals surface area contributed by atoms with Crippen LogP contribution in [-0.2, 0) is 15.6 Å². The van der Waals surface area contributed by atoms with Crippen molar-refractivity contribution in [1.82, 2.24) is 9.88 Å². The van der Waals surface area contributed by atoms with Gasteiger partial charge in [-0.1, -0.05) is 0 Å². The van der Waals surface area contributed by atoms with Gasteiger partial charge in [0.2, 0.25) is 0 Å². The summed E-state index contributed by atoms with van der Waals surface area (Å²) in [6.07, 6.45) is -4.41. The van der Waals surface area contributed by atoms with Crippen LogP contribution in [0.1, 0.15) is 30.8 Å². The van der Waals surface area contributed by atoms with Gasteiger partial charge in [0.25, 0.3) is 15.0 Å². The molecule has 1 amide bonds. The van der Waals surface area contributed by atoms with Gasteiger partial charge in [-0.05, 0) is 19.9 Å². The third kappa shape index (κ3) is 5.24. The van der Waals surface area contributed by atoms with E-state index in [0.717, 1.165) is 12.3 Å². The Balaban J connectivity index is 2.95. The van der Waals surface area contributed by atoms with E-state index in [1.54, 1.807) is 6.92 Å². The molecule has 1 unspecified atom stereocenters. The zero-order chi connectivity index (χ0) is 16.4. The van der Waals surface area contributed by atoms with Crippen molar-refractivity contribution in [2.75, 3.05) is 0 Å². The highest BCUT2D eigenvalue weighted by atomic mass is 35.7. The molecular weight excluding hydrogens is 333 g/mol. The van der Waals surface area contributed by atoms with Crippen molar-refractivity contribution < 1.29 is 26.4 Å². The van der Waals surface area contributed by atoms with E-state index in [0.29, 0.717) is 0 Å². The van der Waals surface area contributed by atoms with Crippen LogP contribution in [0.3, 0.4) is 0 Å². The number of alkyl halides is 3. The molecule has 0 aliphatic rings. The number of halogens is 4. The Morgan fingerprint density at radius 1 is 1.48 bits per heavy atom. The fourth-order valence-corrected chi connectivity index (χ4v) is 2.52. The molecule has 120 valence electrons. The van der Waals surface area contributed by atoms with Gasteiger partial charge in [-0.15, -0.1) is 0 Å². The monoisotopic (exact) mass is 346 g/mol. The van der Waals surface area contributed by atoms with Crippen molar-refractivity contribution in [3.63, 3.8) is 0 Å². The van der Waals surface area contributed by atoms with Gasteiger partial charge in [0, 0.05) is 29.5 Å². The number of aryl methyl sites for hydroxylation is 1. The van der Waals surface area contributed by atoms with E-state index in [4.69, 9.17) is 10.7 Å². The van der Waals surface area contributed by atoms with Crippen LogP contribution in [0.4, 0.5) is 13.2 Å². The molecule has 0 bridgehead atoms. The minimum Gasteiger partial charge on any atom is -0.348 e. The van der Waals surface area contributed by atoms with Gasteiger partial charge in [-0.3, -0.25) is 4.79 Å². The maximum atomic E-state index is 12.2. The van der Waals surface area contributed by atoms with E-state index >= 15 is 0 Å². The number of nitrogens with zero attached hydrogens (tertiary/aromatic N) is 1. The first-order valence-electron chi connectivity index (χ1n) is 5.96.